The molecule has 0 unspecified atom stereocenters. The lowest BCUT2D eigenvalue weighted by Crippen LogP contribution is -2.49. The monoisotopic (exact) mass is 139 g/mol. The van der Waals surface area contributed by atoms with Gasteiger partial charge in [0.15, 0.2) is 0 Å². The fourth-order valence-electron chi connectivity index (χ4n) is 2.37. The van der Waals surface area contributed by atoms with Crippen molar-refractivity contribution in [1.82, 2.24) is 5.32 Å². The van der Waals surface area contributed by atoms with E-state index in [0.29, 0.717) is 0 Å². The molecule has 0 aromatic heterocycles. The average Bonchev–Trinajstić information content (AvgIpc) is 2.09. The third kappa shape index (κ3) is 0.878. The summed E-state index contributed by atoms with van der Waals surface area (Å²) in [4.78, 5) is 0. The summed E-state index contributed by atoms with van der Waals surface area (Å²) in [6, 6.07) is 0. The molecule has 1 saturated heterocycles. The zero-order chi connectivity index (χ0) is 7.03. The van der Waals surface area contributed by atoms with E-state index in [1.807, 2.05) is 0 Å². The van der Waals surface area contributed by atoms with Gasteiger partial charge in [-0.25, -0.2) is 0 Å². The SMILES string of the molecule is CC1(C2CNC2)CCCC1. The number of nitrogens with one attached hydrogen (secondary N) is 1. The Balaban J connectivity index is 1.98. The zero-order valence-corrected chi connectivity index (χ0v) is 6.82. The Morgan fingerprint density at radius 3 is 2.20 bits per heavy atom. The van der Waals surface area contributed by atoms with Gasteiger partial charge in [0.2, 0.25) is 0 Å². The molecular formula is C9H17N. The van der Waals surface area contributed by atoms with E-state index in [9.17, 15) is 0 Å². The van der Waals surface area contributed by atoms with Gasteiger partial charge in [-0.05, 0) is 37.3 Å². The molecule has 0 spiro atoms. The normalized spacial score (nSPS) is 32.1. The van der Waals surface area contributed by atoms with Crippen LogP contribution in [-0.4, -0.2) is 13.1 Å². The van der Waals surface area contributed by atoms with Crippen LogP contribution < -0.4 is 5.32 Å². The van der Waals surface area contributed by atoms with Crippen LogP contribution >= 0.6 is 0 Å². The minimum absolute atomic E-state index is 0.727. The number of hydrogen-bond donors (Lipinski definition) is 1. The molecule has 0 atom stereocenters. The van der Waals surface area contributed by atoms with Gasteiger partial charge in [-0.2, -0.15) is 0 Å². The maximum atomic E-state index is 3.36. The lowest BCUT2D eigenvalue weighted by molar-refractivity contribution is 0.131. The minimum atomic E-state index is 0.727. The highest BCUT2D eigenvalue weighted by Crippen LogP contribution is 2.45. The summed E-state index contributed by atoms with van der Waals surface area (Å²) >= 11 is 0. The van der Waals surface area contributed by atoms with Gasteiger partial charge >= 0.3 is 0 Å². The summed E-state index contributed by atoms with van der Waals surface area (Å²) in [6.45, 7) is 5.05. The van der Waals surface area contributed by atoms with E-state index in [4.69, 9.17) is 0 Å². The van der Waals surface area contributed by atoms with Crippen LogP contribution in [0.2, 0.25) is 0 Å². The lowest BCUT2D eigenvalue weighted by atomic mass is 9.73. The quantitative estimate of drug-likeness (QED) is 0.584. The van der Waals surface area contributed by atoms with E-state index in [1.54, 1.807) is 0 Å². The second-order valence-corrected chi connectivity index (χ2v) is 4.22. The van der Waals surface area contributed by atoms with Crippen LogP contribution in [-0.2, 0) is 0 Å². The Labute approximate surface area is 63.2 Å². The fraction of sp³-hybridized carbons (Fsp3) is 1.00. The van der Waals surface area contributed by atoms with Crippen LogP contribution in [0.3, 0.4) is 0 Å². The summed E-state index contributed by atoms with van der Waals surface area (Å²) in [5, 5.41) is 3.36. The van der Waals surface area contributed by atoms with E-state index in [2.05, 4.69) is 12.2 Å². The standard InChI is InChI=1S/C9H17N/c1-9(4-2-3-5-9)8-6-10-7-8/h8,10H,2-7H2,1H3. The Bertz CT molecular complexity index is 121. The Hall–Kier alpha value is -0.0400. The molecule has 1 heterocycles. The fourth-order valence-corrected chi connectivity index (χ4v) is 2.37. The van der Waals surface area contributed by atoms with Crippen molar-refractivity contribution in [3.05, 3.63) is 0 Å². The van der Waals surface area contributed by atoms with Gasteiger partial charge in [-0.1, -0.05) is 19.8 Å². The van der Waals surface area contributed by atoms with Gasteiger partial charge in [0.05, 0.1) is 0 Å². The minimum Gasteiger partial charge on any atom is -0.316 e. The highest BCUT2D eigenvalue weighted by Gasteiger charge is 2.39. The molecule has 0 radical (unpaired) electrons. The number of rotatable bonds is 1. The summed E-state index contributed by atoms with van der Waals surface area (Å²) in [7, 11) is 0. The van der Waals surface area contributed by atoms with Crippen molar-refractivity contribution in [3.8, 4) is 0 Å². The van der Waals surface area contributed by atoms with E-state index in [1.165, 1.54) is 38.8 Å². The molecule has 1 heteroatoms. The first-order valence-corrected chi connectivity index (χ1v) is 4.52. The molecule has 1 nitrogen and oxygen atoms in total. The highest BCUT2D eigenvalue weighted by molar-refractivity contribution is 4.93. The number of hydrogen-bond acceptors (Lipinski definition) is 1. The second-order valence-electron chi connectivity index (χ2n) is 4.22. The largest absolute Gasteiger partial charge is 0.316 e. The van der Waals surface area contributed by atoms with Crippen molar-refractivity contribution in [2.24, 2.45) is 11.3 Å². The zero-order valence-electron chi connectivity index (χ0n) is 6.82. The third-order valence-electron chi connectivity index (χ3n) is 3.51. The molecule has 2 aliphatic rings. The van der Waals surface area contributed by atoms with Crippen LogP contribution in [0.1, 0.15) is 32.6 Å². The maximum Gasteiger partial charge on any atom is -0.000302 e. The molecule has 0 amide bonds. The van der Waals surface area contributed by atoms with Crippen molar-refractivity contribution in [3.63, 3.8) is 0 Å². The topological polar surface area (TPSA) is 12.0 Å². The molecule has 0 aromatic carbocycles. The first kappa shape index (κ1) is 6.66. The molecule has 0 bridgehead atoms. The summed E-state index contributed by atoms with van der Waals surface area (Å²) in [5.74, 6) is 1.01. The van der Waals surface area contributed by atoms with Crippen LogP contribution in [0, 0.1) is 11.3 Å². The van der Waals surface area contributed by atoms with Crippen molar-refractivity contribution >= 4 is 0 Å². The second kappa shape index (κ2) is 2.23. The highest BCUT2D eigenvalue weighted by atomic mass is 15.0. The molecule has 1 aliphatic heterocycles. The van der Waals surface area contributed by atoms with E-state index < -0.39 is 0 Å². The van der Waals surface area contributed by atoms with Gasteiger partial charge in [0, 0.05) is 0 Å². The predicted molar refractivity (Wildman–Crippen MR) is 42.9 cm³/mol. The van der Waals surface area contributed by atoms with Crippen molar-refractivity contribution in [2.45, 2.75) is 32.6 Å². The molecule has 1 aliphatic carbocycles. The van der Waals surface area contributed by atoms with Gasteiger partial charge in [-0.15, -0.1) is 0 Å². The van der Waals surface area contributed by atoms with Crippen LogP contribution in [0.25, 0.3) is 0 Å². The summed E-state index contributed by atoms with van der Waals surface area (Å²) in [5.41, 5.74) is 0.727. The van der Waals surface area contributed by atoms with Gasteiger partial charge in [0.1, 0.15) is 0 Å². The smallest absolute Gasteiger partial charge is 0.000302 e. The molecule has 58 valence electrons. The van der Waals surface area contributed by atoms with Crippen molar-refractivity contribution < 1.29 is 0 Å². The molecule has 2 rings (SSSR count). The maximum absolute atomic E-state index is 3.36. The third-order valence-corrected chi connectivity index (χ3v) is 3.51. The Kier molecular flexibility index (Phi) is 1.48. The van der Waals surface area contributed by atoms with Gasteiger partial charge < -0.3 is 5.32 Å². The Morgan fingerprint density at radius 1 is 1.20 bits per heavy atom. The van der Waals surface area contributed by atoms with E-state index in [0.717, 1.165) is 11.3 Å². The Morgan fingerprint density at radius 2 is 1.80 bits per heavy atom. The lowest BCUT2D eigenvalue weighted by Gasteiger charge is -2.41. The van der Waals surface area contributed by atoms with Crippen molar-refractivity contribution in [1.29, 1.82) is 0 Å². The van der Waals surface area contributed by atoms with Crippen LogP contribution in [0.15, 0.2) is 0 Å². The molecule has 10 heavy (non-hydrogen) atoms. The van der Waals surface area contributed by atoms with Gasteiger partial charge in [0.25, 0.3) is 0 Å². The molecular weight excluding hydrogens is 122 g/mol. The molecule has 2 fully saturated rings. The predicted octanol–water partition coefficient (Wildman–Crippen LogP) is 1.79. The van der Waals surface area contributed by atoms with Crippen molar-refractivity contribution in [2.75, 3.05) is 13.1 Å². The molecule has 0 aromatic rings. The molecule has 1 N–H and O–H groups in total. The van der Waals surface area contributed by atoms with E-state index >= 15 is 0 Å². The average molecular weight is 139 g/mol. The van der Waals surface area contributed by atoms with Gasteiger partial charge in [-0.3, -0.25) is 0 Å². The van der Waals surface area contributed by atoms with E-state index in [-0.39, 0.29) is 0 Å². The first-order chi connectivity index (χ1) is 4.81. The summed E-state index contributed by atoms with van der Waals surface area (Å²) < 4.78 is 0. The van der Waals surface area contributed by atoms with Crippen LogP contribution in [0.5, 0.6) is 0 Å². The van der Waals surface area contributed by atoms with Crippen LogP contribution in [0.4, 0.5) is 0 Å². The summed E-state index contributed by atoms with van der Waals surface area (Å²) in [6.07, 6.45) is 5.93. The molecule has 1 saturated carbocycles. The first-order valence-electron chi connectivity index (χ1n) is 4.52.